The molecule has 0 bridgehead atoms. The van der Waals surface area contributed by atoms with E-state index in [0.29, 0.717) is 31.1 Å². The summed E-state index contributed by atoms with van der Waals surface area (Å²) >= 11 is 0. The van der Waals surface area contributed by atoms with Crippen molar-refractivity contribution < 1.29 is 33.5 Å². The van der Waals surface area contributed by atoms with Gasteiger partial charge in [0.05, 0.1) is 45.2 Å². The maximum atomic E-state index is 13.1. The average molecular weight is 675 g/mol. The monoisotopic (exact) mass is 674 g/mol. The van der Waals surface area contributed by atoms with Crippen LogP contribution in [0, 0.1) is 6.92 Å². The highest BCUT2D eigenvalue weighted by Gasteiger charge is 2.58. The van der Waals surface area contributed by atoms with E-state index in [1.807, 2.05) is 153 Å². The highest BCUT2D eigenvalue weighted by atomic mass is 16.7. The molecule has 0 unspecified atom stereocenters. The average Bonchev–Trinajstić information content (AvgIpc) is 3.15. The Balaban J connectivity index is 1.42. The molecule has 1 fully saturated rings. The maximum absolute atomic E-state index is 13.1. The summed E-state index contributed by atoms with van der Waals surface area (Å²) in [5.74, 6) is -1.50. The van der Waals surface area contributed by atoms with Gasteiger partial charge in [0.15, 0.2) is 0 Å². The van der Waals surface area contributed by atoms with Crippen LogP contribution < -0.4 is 4.74 Å². The first-order valence-corrected chi connectivity index (χ1v) is 17.3. The van der Waals surface area contributed by atoms with Crippen molar-refractivity contribution in [3.63, 3.8) is 0 Å². The molecule has 0 aliphatic carbocycles. The minimum absolute atomic E-state index is 0.128. The third-order valence-electron chi connectivity index (χ3n) is 8.76. The Hall–Kier alpha value is -4.34. The van der Waals surface area contributed by atoms with Crippen LogP contribution in [0.1, 0.15) is 40.3 Å². The van der Waals surface area contributed by atoms with E-state index in [4.69, 9.17) is 28.4 Å². The van der Waals surface area contributed by atoms with Crippen molar-refractivity contribution in [1.29, 1.82) is 0 Å². The molecule has 5 atom stereocenters. The zero-order valence-corrected chi connectivity index (χ0v) is 28.7. The van der Waals surface area contributed by atoms with E-state index >= 15 is 0 Å². The van der Waals surface area contributed by atoms with Crippen molar-refractivity contribution in [2.75, 3.05) is 13.2 Å². The van der Waals surface area contributed by atoms with Crippen LogP contribution in [-0.2, 0) is 55.9 Å². The lowest BCUT2D eigenvalue weighted by atomic mass is 9.86. The molecule has 1 saturated heterocycles. The summed E-state index contributed by atoms with van der Waals surface area (Å²) in [5, 5.41) is 13.1. The van der Waals surface area contributed by atoms with Crippen LogP contribution in [0.2, 0.25) is 0 Å². The maximum Gasteiger partial charge on any atom is 0.226 e. The normalized spacial score (nSPS) is 21.9. The van der Waals surface area contributed by atoms with Crippen LogP contribution in [0.3, 0.4) is 0 Å². The summed E-state index contributed by atoms with van der Waals surface area (Å²) in [6, 6.07) is 45.5. The number of ether oxygens (including phenoxy) is 6. The van der Waals surface area contributed by atoms with E-state index < -0.39 is 30.2 Å². The number of aryl methyl sites for hydroxylation is 1. The molecule has 6 rings (SSSR count). The van der Waals surface area contributed by atoms with Crippen molar-refractivity contribution in [3.8, 4) is 5.75 Å². The highest BCUT2D eigenvalue weighted by molar-refractivity contribution is 5.41. The number of benzene rings is 5. The first-order chi connectivity index (χ1) is 24.5. The van der Waals surface area contributed by atoms with E-state index in [9.17, 15) is 5.11 Å². The van der Waals surface area contributed by atoms with Crippen LogP contribution in [0.25, 0.3) is 0 Å². The molecule has 5 aromatic carbocycles. The van der Waals surface area contributed by atoms with Crippen LogP contribution in [0.15, 0.2) is 140 Å². The first-order valence-electron chi connectivity index (χ1n) is 17.3. The number of rotatable bonds is 16. The Kier molecular flexibility index (Phi) is 12.5. The Morgan fingerprint density at radius 3 is 1.60 bits per heavy atom. The molecule has 1 heterocycles. The van der Waals surface area contributed by atoms with Gasteiger partial charge in [-0.15, -0.1) is 0 Å². The van der Waals surface area contributed by atoms with Crippen molar-refractivity contribution >= 4 is 0 Å². The molecule has 7 heteroatoms. The number of aliphatic hydroxyl groups is 1. The third kappa shape index (κ3) is 9.06. The topological polar surface area (TPSA) is 75.6 Å². The second-order valence-corrected chi connectivity index (χ2v) is 12.5. The summed E-state index contributed by atoms with van der Waals surface area (Å²) in [6.45, 7) is 5.56. The Morgan fingerprint density at radius 1 is 0.600 bits per heavy atom. The van der Waals surface area contributed by atoms with E-state index in [0.717, 1.165) is 27.8 Å². The van der Waals surface area contributed by atoms with E-state index in [2.05, 4.69) is 0 Å². The second-order valence-electron chi connectivity index (χ2n) is 12.5. The van der Waals surface area contributed by atoms with Gasteiger partial charge in [-0.05, 0) is 48.2 Å². The summed E-state index contributed by atoms with van der Waals surface area (Å²) in [6.07, 6.45) is -3.25. The van der Waals surface area contributed by atoms with Gasteiger partial charge < -0.3 is 33.5 Å². The zero-order valence-electron chi connectivity index (χ0n) is 28.7. The minimum atomic E-state index is -2.00. The van der Waals surface area contributed by atoms with Gasteiger partial charge in [0.2, 0.25) is 5.79 Å². The molecule has 260 valence electrons. The molecule has 0 spiro atoms. The van der Waals surface area contributed by atoms with Crippen LogP contribution in [0.4, 0.5) is 0 Å². The Bertz CT molecular complexity index is 1720. The number of hydrogen-bond acceptors (Lipinski definition) is 7. The predicted octanol–water partition coefficient (Wildman–Crippen LogP) is 7.91. The minimum Gasteiger partial charge on any atom is -0.493 e. The van der Waals surface area contributed by atoms with Gasteiger partial charge in [0.1, 0.15) is 30.2 Å². The highest BCUT2D eigenvalue weighted by Crippen LogP contribution is 2.45. The number of hydrogen-bond donors (Lipinski definition) is 1. The van der Waals surface area contributed by atoms with Gasteiger partial charge in [-0.1, -0.05) is 133 Å². The van der Waals surface area contributed by atoms with E-state index in [1.54, 1.807) is 0 Å². The zero-order chi connectivity index (χ0) is 34.6. The molecule has 0 aromatic heterocycles. The molecule has 7 nitrogen and oxygen atoms in total. The second kappa shape index (κ2) is 17.5. The van der Waals surface area contributed by atoms with Gasteiger partial charge in [-0.25, -0.2) is 0 Å². The molecule has 0 amide bonds. The van der Waals surface area contributed by atoms with E-state index in [1.165, 1.54) is 0 Å². The fraction of sp³-hybridized carbons (Fsp3) is 0.302. The van der Waals surface area contributed by atoms with Gasteiger partial charge in [-0.3, -0.25) is 0 Å². The molecule has 0 saturated carbocycles. The fourth-order valence-corrected chi connectivity index (χ4v) is 6.28. The van der Waals surface area contributed by atoms with Crippen LogP contribution >= 0.6 is 0 Å². The fourth-order valence-electron chi connectivity index (χ4n) is 6.28. The quantitative estimate of drug-likeness (QED) is 0.114. The summed E-state index contributed by atoms with van der Waals surface area (Å²) in [7, 11) is 0. The van der Waals surface area contributed by atoms with Crippen molar-refractivity contribution in [2.45, 2.75) is 70.5 Å². The Labute approximate surface area is 295 Å². The molecule has 50 heavy (non-hydrogen) atoms. The van der Waals surface area contributed by atoms with Crippen molar-refractivity contribution in [2.24, 2.45) is 0 Å². The van der Waals surface area contributed by atoms with Gasteiger partial charge in [0.25, 0.3) is 0 Å². The van der Waals surface area contributed by atoms with Gasteiger partial charge in [0, 0.05) is 0 Å². The van der Waals surface area contributed by atoms with Gasteiger partial charge in [-0.2, -0.15) is 0 Å². The SMILES string of the molecule is CCOc1ccc(C)cc1[C@]1(O)O[C@H](COCc2ccccc2)[C@@H](OCc2ccccc2)[C@H](OCc2ccccc2)[C@H]1OCc1ccccc1. The van der Waals surface area contributed by atoms with E-state index in [-0.39, 0.29) is 19.8 Å². The molecule has 5 aromatic rings. The molecule has 1 aliphatic heterocycles. The summed E-state index contributed by atoms with van der Waals surface area (Å²) in [5.41, 5.74) is 5.34. The van der Waals surface area contributed by atoms with Crippen LogP contribution in [-0.4, -0.2) is 42.7 Å². The standard InChI is InChI=1S/C43H46O7/c1-3-46-38-25-24-32(2)26-37(38)43(44)42(49-30-36-22-14-7-15-23-36)41(48-29-35-20-12-6-13-21-35)40(47-28-34-18-10-5-11-19-34)39(50-43)31-45-27-33-16-8-4-9-17-33/h4-26,39-42,44H,3,27-31H2,1-2H3/t39-,40-,41+,42-,43+/m1/s1. The Morgan fingerprint density at radius 2 is 1.08 bits per heavy atom. The van der Waals surface area contributed by atoms with Crippen LogP contribution in [0.5, 0.6) is 5.75 Å². The lowest BCUT2D eigenvalue weighted by molar-refractivity contribution is -0.379. The third-order valence-corrected chi connectivity index (χ3v) is 8.76. The summed E-state index contributed by atoms with van der Waals surface area (Å²) in [4.78, 5) is 0. The summed E-state index contributed by atoms with van der Waals surface area (Å²) < 4.78 is 39.6. The van der Waals surface area contributed by atoms with Crippen molar-refractivity contribution in [1.82, 2.24) is 0 Å². The lowest BCUT2D eigenvalue weighted by Gasteiger charge is -2.50. The van der Waals surface area contributed by atoms with Crippen molar-refractivity contribution in [3.05, 3.63) is 173 Å². The predicted molar refractivity (Wildman–Crippen MR) is 192 cm³/mol. The molecule has 1 N–H and O–H groups in total. The molecular formula is C43H46O7. The largest absolute Gasteiger partial charge is 0.493 e. The molecule has 1 aliphatic rings. The smallest absolute Gasteiger partial charge is 0.226 e. The molecular weight excluding hydrogens is 628 g/mol. The van der Waals surface area contributed by atoms with Gasteiger partial charge >= 0.3 is 0 Å². The molecule has 0 radical (unpaired) electrons. The first kappa shape index (κ1) is 35.5. The lowest BCUT2D eigenvalue weighted by Crippen LogP contribution is -2.65.